The summed E-state index contributed by atoms with van der Waals surface area (Å²) in [5.74, 6) is 0.789. The summed E-state index contributed by atoms with van der Waals surface area (Å²) in [6.07, 6.45) is 0. The van der Waals surface area contributed by atoms with Gasteiger partial charge in [0.25, 0.3) is 0 Å². The van der Waals surface area contributed by atoms with Crippen LogP contribution in [-0.4, -0.2) is 74.5 Å². The van der Waals surface area contributed by atoms with Gasteiger partial charge in [-0.15, -0.1) is 0 Å². The van der Waals surface area contributed by atoms with E-state index >= 15 is 0 Å². The van der Waals surface area contributed by atoms with Crippen molar-refractivity contribution in [2.24, 2.45) is 0 Å². The van der Waals surface area contributed by atoms with Crippen molar-refractivity contribution >= 4 is 15.9 Å². The maximum atomic E-state index is 13.5. The number of hydrogen-bond donors (Lipinski definition) is 0. The van der Waals surface area contributed by atoms with Crippen molar-refractivity contribution in [1.82, 2.24) is 14.1 Å². The van der Waals surface area contributed by atoms with Crippen LogP contribution in [0.1, 0.15) is 12.5 Å². The number of carbonyl (C=O) groups is 1. The Morgan fingerprint density at radius 2 is 1.81 bits per heavy atom. The van der Waals surface area contributed by atoms with E-state index in [2.05, 4.69) is 0 Å². The molecule has 2 aromatic rings. The molecule has 2 aromatic carbocycles. The first-order valence-corrected chi connectivity index (χ1v) is 11.9. The number of rotatable bonds is 7. The Morgan fingerprint density at radius 3 is 2.53 bits per heavy atom. The summed E-state index contributed by atoms with van der Waals surface area (Å²) >= 11 is 0. The van der Waals surface area contributed by atoms with Gasteiger partial charge in [-0.1, -0.05) is 19.1 Å². The summed E-state index contributed by atoms with van der Waals surface area (Å²) in [7, 11) is -3.78. The molecule has 1 fully saturated rings. The van der Waals surface area contributed by atoms with Crippen LogP contribution < -0.4 is 9.47 Å². The van der Waals surface area contributed by atoms with Gasteiger partial charge in [0.15, 0.2) is 11.5 Å². The van der Waals surface area contributed by atoms with Crippen molar-refractivity contribution < 1.29 is 27.1 Å². The van der Waals surface area contributed by atoms with E-state index in [1.54, 1.807) is 4.90 Å². The van der Waals surface area contributed by atoms with Crippen LogP contribution in [0.2, 0.25) is 0 Å². The molecule has 0 aromatic heterocycles. The zero-order valence-electron chi connectivity index (χ0n) is 17.9. The van der Waals surface area contributed by atoms with Crippen LogP contribution in [-0.2, 0) is 21.4 Å². The minimum atomic E-state index is -3.78. The molecule has 0 spiro atoms. The maximum Gasteiger partial charge on any atom is 0.243 e. The molecule has 0 bridgehead atoms. The first-order chi connectivity index (χ1) is 15.4. The number of carbonyl (C=O) groups excluding carboxylic acids is 1. The molecule has 2 heterocycles. The molecule has 172 valence electrons. The lowest BCUT2D eigenvalue weighted by molar-refractivity contribution is -0.133. The third-order valence-electron chi connectivity index (χ3n) is 5.67. The van der Waals surface area contributed by atoms with E-state index in [4.69, 9.17) is 9.47 Å². The van der Waals surface area contributed by atoms with Crippen LogP contribution >= 0.6 is 0 Å². The Morgan fingerprint density at radius 1 is 1.06 bits per heavy atom. The van der Waals surface area contributed by atoms with Crippen molar-refractivity contribution in [3.8, 4) is 11.5 Å². The number of hydrogen-bond acceptors (Lipinski definition) is 6. The number of nitrogens with zero attached hydrogens (tertiary/aromatic N) is 3. The van der Waals surface area contributed by atoms with Crippen molar-refractivity contribution in [2.45, 2.75) is 18.4 Å². The Hall–Kier alpha value is -2.69. The largest absolute Gasteiger partial charge is 0.454 e. The predicted molar refractivity (Wildman–Crippen MR) is 115 cm³/mol. The number of benzene rings is 2. The van der Waals surface area contributed by atoms with E-state index in [9.17, 15) is 17.6 Å². The highest BCUT2D eigenvalue weighted by atomic mass is 32.2. The van der Waals surface area contributed by atoms with Crippen molar-refractivity contribution in [3.05, 3.63) is 53.8 Å². The Labute approximate surface area is 187 Å². The summed E-state index contributed by atoms with van der Waals surface area (Å²) in [4.78, 5) is 16.5. The topological polar surface area (TPSA) is 79.4 Å². The lowest BCUT2D eigenvalue weighted by Gasteiger charge is -2.35. The lowest BCUT2D eigenvalue weighted by Crippen LogP contribution is -2.52. The van der Waals surface area contributed by atoms with E-state index in [-0.39, 0.29) is 37.2 Å². The maximum absolute atomic E-state index is 13.5. The van der Waals surface area contributed by atoms with Gasteiger partial charge in [-0.05, 0) is 42.4 Å². The van der Waals surface area contributed by atoms with Gasteiger partial charge in [0.05, 0.1) is 11.4 Å². The molecule has 4 rings (SSSR count). The smallest absolute Gasteiger partial charge is 0.243 e. The highest BCUT2D eigenvalue weighted by Crippen LogP contribution is 2.32. The molecule has 1 saturated heterocycles. The van der Waals surface area contributed by atoms with Crippen LogP contribution in [0.15, 0.2) is 47.4 Å². The van der Waals surface area contributed by atoms with Crippen LogP contribution in [0, 0.1) is 5.82 Å². The quantitative estimate of drug-likeness (QED) is 0.624. The minimum Gasteiger partial charge on any atom is -0.454 e. The minimum absolute atomic E-state index is 0.0459. The van der Waals surface area contributed by atoms with Crippen molar-refractivity contribution in [3.63, 3.8) is 0 Å². The standard InChI is InChI=1S/C22H26FN3O5S/c1-2-24(14-17-6-7-20-21(12-17)31-16-30-20)15-22(27)25-8-10-26(11-9-25)32(28,29)19-5-3-4-18(23)13-19/h3-7,12-13H,2,8-11,14-16H2,1H3. The van der Waals surface area contributed by atoms with Gasteiger partial charge in [0.2, 0.25) is 22.7 Å². The molecule has 0 aliphatic carbocycles. The molecule has 0 saturated carbocycles. The van der Waals surface area contributed by atoms with Gasteiger partial charge in [-0.25, -0.2) is 12.8 Å². The fraction of sp³-hybridized carbons (Fsp3) is 0.409. The molecule has 10 heteroatoms. The summed E-state index contributed by atoms with van der Waals surface area (Å²) < 4.78 is 51.0. The summed E-state index contributed by atoms with van der Waals surface area (Å²) in [6, 6.07) is 10.7. The number of likely N-dealkylation sites (N-methyl/N-ethyl adjacent to an activating group) is 1. The number of piperazine rings is 1. The van der Waals surface area contributed by atoms with Gasteiger partial charge in [0.1, 0.15) is 5.82 Å². The van der Waals surface area contributed by atoms with E-state index in [1.807, 2.05) is 30.0 Å². The third-order valence-corrected chi connectivity index (χ3v) is 7.57. The number of fused-ring (bicyclic) bond motifs is 1. The zero-order valence-corrected chi connectivity index (χ0v) is 18.7. The molecule has 2 aliphatic rings. The molecule has 0 unspecified atom stereocenters. The summed E-state index contributed by atoms with van der Waals surface area (Å²) in [5, 5.41) is 0. The highest BCUT2D eigenvalue weighted by molar-refractivity contribution is 7.89. The molecule has 0 atom stereocenters. The number of halogens is 1. The lowest BCUT2D eigenvalue weighted by atomic mass is 10.2. The third kappa shape index (κ3) is 4.87. The van der Waals surface area contributed by atoms with Crippen LogP contribution in [0.3, 0.4) is 0 Å². The number of ether oxygens (including phenoxy) is 2. The molecule has 1 amide bonds. The van der Waals surface area contributed by atoms with Crippen LogP contribution in [0.4, 0.5) is 4.39 Å². The second-order valence-corrected chi connectivity index (χ2v) is 9.67. The van der Waals surface area contributed by atoms with Crippen LogP contribution in [0.5, 0.6) is 11.5 Å². The van der Waals surface area contributed by atoms with Gasteiger partial charge in [-0.3, -0.25) is 9.69 Å². The van der Waals surface area contributed by atoms with E-state index in [0.29, 0.717) is 31.9 Å². The average molecular weight is 464 g/mol. The fourth-order valence-corrected chi connectivity index (χ4v) is 5.28. The summed E-state index contributed by atoms with van der Waals surface area (Å²) in [5.41, 5.74) is 1.02. The molecule has 32 heavy (non-hydrogen) atoms. The van der Waals surface area contributed by atoms with Gasteiger partial charge < -0.3 is 14.4 Å². The monoisotopic (exact) mass is 463 g/mol. The summed E-state index contributed by atoms with van der Waals surface area (Å²) in [6.45, 7) is 4.68. The molecule has 0 N–H and O–H groups in total. The predicted octanol–water partition coefficient (Wildman–Crippen LogP) is 1.91. The molecule has 2 aliphatic heterocycles. The molecule has 0 radical (unpaired) electrons. The zero-order chi connectivity index (χ0) is 22.7. The van der Waals surface area contributed by atoms with Crippen molar-refractivity contribution in [1.29, 1.82) is 0 Å². The SMILES string of the molecule is CCN(CC(=O)N1CCN(S(=O)(=O)c2cccc(F)c2)CC1)Cc1ccc2c(c1)OCO2. The van der Waals surface area contributed by atoms with Gasteiger partial charge >= 0.3 is 0 Å². The Kier molecular flexibility index (Phi) is 6.63. The first-order valence-electron chi connectivity index (χ1n) is 10.5. The number of amides is 1. The first kappa shape index (κ1) is 22.5. The fourth-order valence-electron chi connectivity index (χ4n) is 3.82. The van der Waals surface area contributed by atoms with Gasteiger partial charge in [0, 0.05) is 32.7 Å². The normalized spacial score (nSPS) is 16.5. The molecule has 8 nitrogen and oxygen atoms in total. The molecular weight excluding hydrogens is 437 g/mol. The second kappa shape index (κ2) is 9.43. The Balaban J connectivity index is 1.32. The van der Waals surface area contributed by atoms with Crippen molar-refractivity contribution in [2.75, 3.05) is 46.1 Å². The molecular formula is C22H26FN3O5S. The highest BCUT2D eigenvalue weighted by Gasteiger charge is 2.30. The number of sulfonamides is 1. The van der Waals surface area contributed by atoms with E-state index < -0.39 is 15.8 Å². The van der Waals surface area contributed by atoms with Gasteiger partial charge in [-0.2, -0.15) is 4.31 Å². The van der Waals surface area contributed by atoms with Crippen LogP contribution in [0.25, 0.3) is 0 Å². The average Bonchev–Trinajstić information content (AvgIpc) is 3.26. The second-order valence-electron chi connectivity index (χ2n) is 7.73. The van der Waals surface area contributed by atoms with E-state index in [0.717, 1.165) is 17.4 Å². The van der Waals surface area contributed by atoms with E-state index in [1.165, 1.54) is 22.5 Å². The Bertz CT molecular complexity index is 1090.